The minimum absolute atomic E-state index is 0.208. The summed E-state index contributed by atoms with van der Waals surface area (Å²) in [4.78, 5) is 84.2. The van der Waals surface area contributed by atoms with E-state index in [2.05, 4.69) is 15.0 Å². The smallest absolute Gasteiger partial charge is 0.247 e. The summed E-state index contributed by atoms with van der Waals surface area (Å²) in [5, 5.41) is 0. The largest absolute Gasteiger partial charge is 0.336 e. The molecule has 0 spiro atoms. The summed E-state index contributed by atoms with van der Waals surface area (Å²) >= 11 is 0. The van der Waals surface area contributed by atoms with Crippen LogP contribution in [0.15, 0.2) is 29.4 Å². The predicted octanol–water partition coefficient (Wildman–Crippen LogP) is 2.37. The first kappa shape index (κ1) is 28.6. The molecular formula is C27H36N6O6. The highest BCUT2D eigenvalue weighted by molar-refractivity contribution is 5.33. The van der Waals surface area contributed by atoms with Crippen molar-refractivity contribution >= 4 is 18.2 Å². The van der Waals surface area contributed by atoms with Crippen molar-refractivity contribution in [3.63, 3.8) is 0 Å². The normalized spacial score (nSPS) is 28.9. The molecule has 1 aromatic rings. The number of isocyanates is 3. The Balaban J connectivity index is 1.67. The molecule has 3 aliphatic rings. The van der Waals surface area contributed by atoms with Crippen molar-refractivity contribution < 1.29 is 14.4 Å². The number of hydrogen-bond acceptors (Lipinski definition) is 9. The van der Waals surface area contributed by atoms with Crippen LogP contribution in [0.1, 0.15) is 95.2 Å². The maximum absolute atomic E-state index is 13.8. The molecule has 0 saturated heterocycles. The highest BCUT2D eigenvalue weighted by Crippen LogP contribution is 2.34. The van der Waals surface area contributed by atoms with Crippen LogP contribution in [0.25, 0.3) is 0 Å². The first-order chi connectivity index (χ1) is 19.0. The van der Waals surface area contributed by atoms with E-state index >= 15 is 0 Å². The van der Waals surface area contributed by atoms with Crippen LogP contribution in [0.5, 0.6) is 0 Å². The molecule has 3 saturated carbocycles. The van der Waals surface area contributed by atoms with Gasteiger partial charge in [-0.3, -0.25) is 0 Å². The highest BCUT2D eigenvalue weighted by Gasteiger charge is 2.33. The van der Waals surface area contributed by atoms with E-state index in [1.165, 1.54) is 13.7 Å². The van der Waals surface area contributed by atoms with Gasteiger partial charge in [0.2, 0.25) is 18.2 Å². The van der Waals surface area contributed by atoms with Gasteiger partial charge in [0.1, 0.15) is 0 Å². The Labute approximate surface area is 225 Å². The summed E-state index contributed by atoms with van der Waals surface area (Å²) in [5.74, 6) is 0.625. The van der Waals surface area contributed by atoms with Crippen LogP contribution in [-0.2, 0) is 14.4 Å². The van der Waals surface area contributed by atoms with Crippen LogP contribution >= 0.6 is 0 Å². The van der Waals surface area contributed by atoms with Crippen molar-refractivity contribution in [1.29, 1.82) is 0 Å². The molecule has 3 fully saturated rings. The second-order valence-electron chi connectivity index (χ2n) is 11.3. The molecule has 0 unspecified atom stereocenters. The van der Waals surface area contributed by atoms with Crippen LogP contribution in [0.4, 0.5) is 0 Å². The number of aromatic nitrogens is 3. The Hall–Kier alpha value is -3.45. The van der Waals surface area contributed by atoms with Gasteiger partial charge in [-0.1, -0.05) is 0 Å². The van der Waals surface area contributed by atoms with Gasteiger partial charge in [0.25, 0.3) is 0 Å². The van der Waals surface area contributed by atoms with Crippen molar-refractivity contribution in [2.24, 2.45) is 32.7 Å². The third kappa shape index (κ3) is 6.59. The Morgan fingerprint density at radius 3 is 0.897 bits per heavy atom. The van der Waals surface area contributed by atoms with Crippen molar-refractivity contribution in [1.82, 2.24) is 13.7 Å². The van der Waals surface area contributed by atoms with Crippen LogP contribution in [-0.4, -0.2) is 51.6 Å². The van der Waals surface area contributed by atoms with Gasteiger partial charge >= 0.3 is 17.1 Å². The molecule has 0 atom stereocenters. The van der Waals surface area contributed by atoms with Gasteiger partial charge in [0.15, 0.2) is 0 Å². The Morgan fingerprint density at radius 1 is 0.462 bits per heavy atom. The number of rotatable bonds is 9. The average molecular weight is 541 g/mol. The zero-order valence-electron chi connectivity index (χ0n) is 22.2. The van der Waals surface area contributed by atoms with Gasteiger partial charge in [-0.2, -0.15) is 0 Å². The molecule has 0 aromatic carbocycles. The van der Waals surface area contributed by atoms with E-state index in [0.717, 1.165) is 38.5 Å². The van der Waals surface area contributed by atoms with Gasteiger partial charge in [0.05, 0.1) is 19.6 Å². The number of carbonyl (C=O) groups excluding carboxylic acids is 3. The average Bonchev–Trinajstić information content (AvgIpc) is 2.96. The van der Waals surface area contributed by atoms with E-state index in [1.807, 2.05) is 0 Å². The fourth-order valence-corrected chi connectivity index (χ4v) is 6.79. The van der Waals surface area contributed by atoms with E-state index in [0.29, 0.717) is 58.2 Å². The van der Waals surface area contributed by atoms with E-state index in [9.17, 15) is 28.8 Å². The van der Waals surface area contributed by atoms with E-state index in [-0.39, 0.29) is 35.9 Å². The monoisotopic (exact) mass is 540 g/mol. The minimum atomic E-state index is -0.543. The van der Waals surface area contributed by atoms with Crippen molar-refractivity contribution in [3.8, 4) is 0 Å². The van der Waals surface area contributed by atoms with Crippen molar-refractivity contribution in [3.05, 3.63) is 31.5 Å². The summed E-state index contributed by atoms with van der Waals surface area (Å²) < 4.78 is 3.93. The SMILES string of the molecule is O=C=NCC1CCC(n2c(=O)n(C3CCC(CN=C=O)CC3)c(=O)n(C3CCC(CN=C=O)CC3)c2=O)CC1. The number of nitrogens with zero attached hydrogens (tertiary/aromatic N) is 6. The second-order valence-corrected chi connectivity index (χ2v) is 11.3. The van der Waals surface area contributed by atoms with Gasteiger partial charge in [0, 0.05) is 18.1 Å². The zero-order chi connectivity index (χ0) is 27.8. The van der Waals surface area contributed by atoms with Crippen LogP contribution in [0.3, 0.4) is 0 Å². The molecule has 4 rings (SSSR count). The molecule has 3 aliphatic carbocycles. The molecular weight excluding hydrogens is 504 g/mol. The molecule has 0 amide bonds. The summed E-state index contributed by atoms with van der Waals surface area (Å²) in [5.41, 5.74) is -1.63. The molecule has 39 heavy (non-hydrogen) atoms. The lowest BCUT2D eigenvalue weighted by atomic mass is 9.85. The lowest BCUT2D eigenvalue weighted by molar-refractivity contribution is 0.208. The van der Waals surface area contributed by atoms with Crippen molar-refractivity contribution in [2.45, 2.75) is 95.2 Å². The third-order valence-electron chi connectivity index (χ3n) is 9.02. The summed E-state index contributed by atoms with van der Waals surface area (Å²) in [6.45, 7) is 1.18. The van der Waals surface area contributed by atoms with Crippen molar-refractivity contribution in [2.75, 3.05) is 19.6 Å². The van der Waals surface area contributed by atoms with Gasteiger partial charge in [-0.05, 0) is 94.8 Å². The fraction of sp³-hybridized carbons (Fsp3) is 0.778. The fourth-order valence-electron chi connectivity index (χ4n) is 6.79. The molecule has 210 valence electrons. The number of hydrogen-bond donors (Lipinski definition) is 0. The van der Waals surface area contributed by atoms with E-state index in [1.54, 1.807) is 18.2 Å². The standard InChI is InChI=1S/C27H36N6O6/c34-16-28-13-19-1-7-22(8-2-19)31-25(37)32(23-9-3-20(4-10-23)14-29-17-35)27(39)33(26(31)38)24-11-5-21(6-12-24)15-30-18-36/h19-24H,1-15H2. The van der Waals surface area contributed by atoms with Gasteiger partial charge in [-0.15, -0.1) is 0 Å². The summed E-state index contributed by atoms with van der Waals surface area (Å²) in [7, 11) is 0. The van der Waals surface area contributed by atoms with Gasteiger partial charge < -0.3 is 0 Å². The maximum atomic E-state index is 13.8. The Kier molecular flexibility index (Phi) is 9.93. The Morgan fingerprint density at radius 2 is 0.692 bits per heavy atom. The third-order valence-corrected chi connectivity index (χ3v) is 9.02. The second kappa shape index (κ2) is 13.6. The zero-order valence-corrected chi connectivity index (χ0v) is 22.2. The first-order valence-corrected chi connectivity index (χ1v) is 14.1. The molecule has 0 radical (unpaired) electrons. The summed E-state index contributed by atoms with van der Waals surface area (Å²) in [6.07, 6.45) is 12.7. The van der Waals surface area contributed by atoms with Gasteiger partial charge in [-0.25, -0.2) is 57.4 Å². The quantitative estimate of drug-likeness (QED) is 0.346. The van der Waals surface area contributed by atoms with E-state index < -0.39 is 17.1 Å². The maximum Gasteiger partial charge on any atom is 0.336 e. The lowest BCUT2D eigenvalue weighted by Gasteiger charge is -2.34. The molecule has 0 bridgehead atoms. The minimum Gasteiger partial charge on any atom is -0.247 e. The first-order valence-electron chi connectivity index (χ1n) is 14.1. The van der Waals surface area contributed by atoms with E-state index in [4.69, 9.17) is 0 Å². The molecule has 0 aliphatic heterocycles. The van der Waals surface area contributed by atoms with Crippen LogP contribution in [0, 0.1) is 17.8 Å². The summed E-state index contributed by atoms with van der Waals surface area (Å²) in [6, 6.07) is -0.969. The Bertz CT molecular complexity index is 1130. The molecule has 1 heterocycles. The lowest BCUT2D eigenvalue weighted by Crippen LogP contribution is -2.58. The number of aliphatic imine (C=N–C) groups is 3. The molecule has 1 aromatic heterocycles. The molecule has 12 nitrogen and oxygen atoms in total. The topological polar surface area (TPSA) is 154 Å². The predicted molar refractivity (Wildman–Crippen MR) is 141 cm³/mol. The highest BCUT2D eigenvalue weighted by atomic mass is 16.2. The van der Waals surface area contributed by atoms with Crippen LogP contribution in [0.2, 0.25) is 0 Å². The van der Waals surface area contributed by atoms with Crippen LogP contribution < -0.4 is 17.1 Å². The molecule has 12 heteroatoms. The molecule has 0 N–H and O–H groups in total.